The number of amides is 1. The summed E-state index contributed by atoms with van der Waals surface area (Å²) in [5.74, 6) is 0.729. The summed E-state index contributed by atoms with van der Waals surface area (Å²) in [6.07, 6.45) is 3.88. The van der Waals surface area contributed by atoms with Crippen LogP contribution in [-0.2, 0) is 4.79 Å². The molecule has 3 unspecified atom stereocenters. The number of hydrogen-bond donors (Lipinski definition) is 1. The first-order valence-electron chi connectivity index (χ1n) is 7.42. The van der Waals surface area contributed by atoms with Gasteiger partial charge in [-0.05, 0) is 38.8 Å². The third-order valence-corrected chi connectivity index (χ3v) is 4.51. The number of rotatable bonds is 5. The van der Waals surface area contributed by atoms with Gasteiger partial charge >= 0.3 is 0 Å². The summed E-state index contributed by atoms with van der Waals surface area (Å²) in [5.41, 5.74) is 0. The molecule has 0 radical (unpaired) electrons. The number of carbonyl (C=O) groups is 1. The van der Waals surface area contributed by atoms with Crippen LogP contribution < -0.4 is 5.32 Å². The molecule has 18 heavy (non-hydrogen) atoms. The Morgan fingerprint density at radius 1 is 1.33 bits per heavy atom. The molecule has 2 heterocycles. The summed E-state index contributed by atoms with van der Waals surface area (Å²) in [5, 5.41) is 3.44. The lowest BCUT2D eigenvalue weighted by molar-refractivity contribution is -0.130. The zero-order valence-corrected chi connectivity index (χ0v) is 12.0. The van der Waals surface area contributed by atoms with Crippen molar-refractivity contribution in [3.05, 3.63) is 0 Å². The first-order chi connectivity index (χ1) is 8.63. The highest BCUT2D eigenvalue weighted by molar-refractivity contribution is 5.84. The van der Waals surface area contributed by atoms with E-state index in [1.807, 2.05) is 4.90 Å². The van der Waals surface area contributed by atoms with Crippen LogP contribution in [0.15, 0.2) is 0 Å². The molecular weight excluding hydrogens is 226 g/mol. The second-order valence-corrected chi connectivity index (χ2v) is 5.79. The minimum atomic E-state index is 0.0311. The van der Waals surface area contributed by atoms with E-state index >= 15 is 0 Å². The summed E-state index contributed by atoms with van der Waals surface area (Å²) in [6, 6.07) is 0.0311. The molecule has 2 fully saturated rings. The standard InChI is InChI=1S/C14H27N3O/c1-4-11(2)13-14(18)17(12(3)15-13)10-9-16-7-5-6-8-16/h11-13,15H,4-10H2,1-3H3. The van der Waals surface area contributed by atoms with Crippen LogP contribution in [0, 0.1) is 5.92 Å². The molecule has 0 aromatic heterocycles. The van der Waals surface area contributed by atoms with Crippen molar-refractivity contribution in [2.24, 2.45) is 5.92 Å². The van der Waals surface area contributed by atoms with Gasteiger partial charge in [0.2, 0.25) is 5.91 Å². The molecule has 2 aliphatic heterocycles. The lowest BCUT2D eigenvalue weighted by atomic mass is 9.99. The number of nitrogens with one attached hydrogen (secondary N) is 1. The van der Waals surface area contributed by atoms with Gasteiger partial charge in [-0.3, -0.25) is 10.1 Å². The van der Waals surface area contributed by atoms with Crippen molar-refractivity contribution in [3.8, 4) is 0 Å². The highest BCUT2D eigenvalue weighted by Crippen LogP contribution is 2.19. The summed E-state index contributed by atoms with van der Waals surface area (Å²) < 4.78 is 0. The van der Waals surface area contributed by atoms with Crippen LogP contribution in [0.3, 0.4) is 0 Å². The molecular formula is C14H27N3O. The summed E-state index contributed by atoms with van der Waals surface area (Å²) in [6.45, 7) is 10.7. The number of carbonyl (C=O) groups excluding carboxylic acids is 1. The molecule has 0 spiro atoms. The van der Waals surface area contributed by atoms with Gasteiger partial charge in [0.15, 0.2) is 0 Å². The molecule has 0 bridgehead atoms. The Hall–Kier alpha value is -0.610. The van der Waals surface area contributed by atoms with Crippen molar-refractivity contribution in [1.29, 1.82) is 0 Å². The fourth-order valence-electron chi connectivity index (χ4n) is 2.99. The van der Waals surface area contributed by atoms with E-state index in [1.54, 1.807) is 0 Å². The van der Waals surface area contributed by atoms with Crippen molar-refractivity contribution < 1.29 is 4.79 Å². The van der Waals surface area contributed by atoms with E-state index in [2.05, 4.69) is 31.0 Å². The highest BCUT2D eigenvalue weighted by atomic mass is 16.2. The molecule has 1 amide bonds. The third kappa shape index (κ3) is 2.86. The first-order valence-corrected chi connectivity index (χ1v) is 7.42. The van der Waals surface area contributed by atoms with Crippen LogP contribution >= 0.6 is 0 Å². The van der Waals surface area contributed by atoms with E-state index in [-0.39, 0.29) is 12.2 Å². The van der Waals surface area contributed by atoms with Crippen LogP contribution in [0.5, 0.6) is 0 Å². The Labute approximate surface area is 111 Å². The van der Waals surface area contributed by atoms with E-state index in [9.17, 15) is 4.79 Å². The molecule has 2 aliphatic rings. The van der Waals surface area contributed by atoms with Crippen molar-refractivity contribution >= 4 is 5.91 Å². The molecule has 0 aromatic rings. The molecule has 4 heteroatoms. The van der Waals surface area contributed by atoms with Gasteiger partial charge in [0.25, 0.3) is 0 Å². The number of hydrogen-bond acceptors (Lipinski definition) is 3. The molecule has 0 saturated carbocycles. The fourth-order valence-corrected chi connectivity index (χ4v) is 2.99. The van der Waals surface area contributed by atoms with Gasteiger partial charge < -0.3 is 9.80 Å². The van der Waals surface area contributed by atoms with Gasteiger partial charge in [0, 0.05) is 13.1 Å². The lowest BCUT2D eigenvalue weighted by Crippen LogP contribution is -2.40. The highest BCUT2D eigenvalue weighted by Gasteiger charge is 2.38. The zero-order chi connectivity index (χ0) is 13.1. The van der Waals surface area contributed by atoms with Crippen LogP contribution in [0.2, 0.25) is 0 Å². The molecule has 2 saturated heterocycles. The average Bonchev–Trinajstić information content (AvgIpc) is 2.96. The maximum Gasteiger partial charge on any atom is 0.241 e. The molecule has 0 aliphatic carbocycles. The largest absolute Gasteiger partial charge is 0.325 e. The van der Waals surface area contributed by atoms with Crippen molar-refractivity contribution in [1.82, 2.24) is 15.1 Å². The van der Waals surface area contributed by atoms with E-state index in [0.717, 1.165) is 19.5 Å². The second kappa shape index (κ2) is 6.02. The van der Waals surface area contributed by atoms with Gasteiger partial charge in [-0.1, -0.05) is 20.3 Å². The molecule has 2 rings (SSSR count). The zero-order valence-electron chi connectivity index (χ0n) is 12.0. The fraction of sp³-hybridized carbons (Fsp3) is 0.929. The minimum absolute atomic E-state index is 0.0311. The minimum Gasteiger partial charge on any atom is -0.325 e. The van der Waals surface area contributed by atoms with Crippen LogP contribution in [0.4, 0.5) is 0 Å². The molecule has 1 N–H and O–H groups in total. The average molecular weight is 253 g/mol. The summed E-state index contributed by atoms with van der Waals surface area (Å²) in [4.78, 5) is 16.9. The molecule has 4 nitrogen and oxygen atoms in total. The van der Waals surface area contributed by atoms with Crippen molar-refractivity contribution in [3.63, 3.8) is 0 Å². The Balaban J connectivity index is 1.86. The van der Waals surface area contributed by atoms with Gasteiger partial charge in [-0.25, -0.2) is 0 Å². The van der Waals surface area contributed by atoms with Gasteiger partial charge in [0.1, 0.15) is 0 Å². The Morgan fingerprint density at radius 3 is 2.61 bits per heavy atom. The maximum atomic E-state index is 12.4. The normalized spacial score (nSPS) is 31.3. The van der Waals surface area contributed by atoms with Gasteiger partial charge in [0.05, 0.1) is 12.2 Å². The Morgan fingerprint density at radius 2 is 2.00 bits per heavy atom. The summed E-state index contributed by atoms with van der Waals surface area (Å²) >= 11 is 0. The predicted octanol–water partition coefficient (Wildman–Crippen LogP) is 1.27. The van der Waals surface area contributed by atoms with E-state index in [1.165, 1.54) is 25.9 Å². The SMILES string of the molecule is CCC(C)C1NC(C)N(CCN2CCCC2)C1=O. The topological polar surface area (TPSA) is 35.6 Å². The lowest BCUT2D eigenvalue weighted by Gasteiger charge is -2.24. The monoisotopic (exact) mass is 253 g/mol. The molecule has 3 atom stereocenters. The van der Waals surface area contributed by atoms with E-state index in [0.29, 0.717) is 11.8 Å². The molecule has 104 valence electrons. The van der Waals surface area contributed by atoms with Crippen molar-refractivity contribution in [2.75, 3.05) is 26.2 Å². The maximum absolute atomic E-state index is 12.4. The Bertz CT molecular complexity index is 289. The number of nitrogens with zero attached hydrogens (tertiary/aromatic N) is 2. The van der Waals surface area contributed by atoms with Crippen molar-refractivity contribution in [2.45, 2.75) is 52.2 Å². The van der Waals surface area contributed by atoms with Crippen LogP contribution in [0.1, 0.15) is 40.0 Å². The Kier molecular flexibility index (Phi) is 4.62. The first kappa shape index (κ1) is 13.8. The third-order valence-electron chi connectivity index (χ3n) is 4.51. The van der Waals surface area contributed by atoms with Crippen LogP contribution in [-0.4, -0.2) is 54.1 Å². The van der Waals surface area contributed by atoms with Gasteiger partial charge in [-0.2, -0.15) is 0 Å². The smallest absolute Gasteiger partial charge is 0.241 e. The van der Waals surface area contributed by atoms with Crippen LogP contribution in [0.25, 0.3) is 0 Å². The quantitative estimate of drug-likeness (QED) is 0.801. The summed E-state index contributed by atoms with van der Waals surface area (Å²) in [7, 11) is 0. The van der Waals surface area contributed by atoms with E-state index in [4.69, 9.17) is 0 Å². The molecule has 0 aromatic carbocycles. The predicted molar refractivity (Wildman–Crippen MR) is 73.2 cm³/mol. The van der Waals surface area contributed by atoms with E-state index < -0.39 is 0 Å². The number of likely N-dealkylation sites (tertiary alicyclic amines) is 1. The van der Waals surface area contributed by atoms with Gasteiger partial charge in [-0.15, -0.1) is 0 Å². The second-order valence-electron chi connectivity index (χ2n) is 5.79.